The first-order valence-electron chi connectivity index (χ1n) is 9.19. The second-order valence-corrected chi connectivity index (χ2v) is 8.20. The largest absolute Gasteiger partial charge is 0.465 e. The zero-order valence-electron chi connectivity index (χ0n) is 16.2. The number of hydrogen-bond acceptors (Lipinski definition) is 6. The summed E-state index contributed by atoms with van der Waals surface area (Å²) < 4.78 is 5.37. The second-order valence-electron chi connectivity index (χ2n) is 7.21. The third kappa shape index (κ3) is 3.17. The highest BCUT2D eigenvalue weighted by Gasteiger charge is 2.67. The number of imide groups is 1. The van der Waals surface area contributed by atoms with Crippen LogP contribution in [-0.4, -0.2) is 53.9 Å². The molecule has 0 aromatic heterocycles. The van der Waals surface area contributed by atoms with Crippen molar-refractivity contribution in [3.05, 3.63) is 35.4 Å². The lowest BCUT2D eigenvalue weighted by Crippen LogP contribution is -2.56. The number of benzene rings is 1. The van der Waals surface area contributed by atoms with Gasteiger partial charge in [0.05, 0.1) is 18.4 Å². The number of hydrogen-bond donors (Lipinski definition) is 1. The Bertz CT molecular complexity index is 768. The van der Waals surface area contributed by atoms with E-state index in [1.54, 1.807) is 18.7 Å². The van der Waals surface area contributed by atoms with Crippen molar-refractivity contribution < 1.29 is 19.1 Å². The monoisotopic (exact) mass is 390 g/mol. The van der Waals surface area contributed by atoms with Crippen molar-refractivity contribution in [1.29, 1.82) is 0 Å². The van der Waals surface area contributed by atoms with Crippen LogP contribution in [0.3, 0.4) is 0 Å². The normalized spacial score (nSPS) is 29.9. The lowest BCUT2D eigenvalue weighted by Gasteiger charge is -2.32. The van der Waals surface area contributed by atoms with E-state index in [0.717, 1.165) is 11.1 Å². The summed E-state index contributed by atoms with van der Waals surface area (Å²) in [4.78, 5) is 40.1. The van der Waals surface area contributed by atoms with Crippen LogP contribution in [0.2, 0.25) is 0 Å². The van der Waals surface area contributed by atoms with Gasteiger partial charge < -0.3 is 4.74 Å². The molecule has 0 spiro atoms. The molecular formula is C20H26N2O4S. The Hall–Kier alpha value is -1.86. The number of nitrogens with one attached hydrogen (secondary N) is 1. The zero-order valence-corrected chi connectivity index (χ0v) is 17.0. The van der Waals surface area contributed by atoms with Crippen LogP contribution in [0.1, 0.15) is 30.5 Å². The van der Waals surface area contributed by atoms with E-state index in [-0.39, 0.29) is 18.4 Å². The maximum Gasteiger partial charge on any atom is 0.327 e. The number of nitrogens with zero attached hydrogens (tertiary/aromatic N) is 1. The van der Waals surface area contributed by atoms with Crippen LogP contribution in [0.25, 0.3) is 0 Å². The summed E-state index contributed by atoms with van der Waals surface area (Å²) in [5, 5.41) is 3.39. The molecule has 2 heterocycles. The Morgan fingerprint density at radius 3 is 2.70 bits per heavy atom. The molecule has 2 aliphatic heterocycles. The van der Waals surface area contributed by atoms with Crippen molar-refractivity contribution in [2.45, 2.75) is 31.8 Å². The molecule has 0 saturated carbocycles. The lowest BCUT2D eigenvalue weighted by atomic mass is 9.77. The molecule has 1 aromatic carbocycles. The number of amides is 2. The third-order valence-corrected chi connectivity index (χ3v) is 6.23. The first-order chi connectivity index (χ1) is 12.9. The van der Waals surface area contributed by atoms with Gasteiger partial charge >= 0.3 is 5.97 Å². The molecule has 146 valence electrons. The predicted octanol–water partition coefficient (Wildman–Crippen LogP) is 1.93. The minimum atomic E-state index is -1.18. The Kier molecular flexibility index (Phi) is 5.63. The summed E-state index contributed by atoms with van der Waals surface area (Å²) in [6, 6.07) is 7.45. The molecule has 0 aliphatic carbocycles. The third-order valence-electron chi connectivity index (χ3n) is 5.62. The summed E-state index contributed by atoms with van der Waals surface area (Å²) >= 11 is 1.60. The van der Waals surface area contributed by atoms with Crippen LogP contribution in [0.4, 0.5) is 0 Å². The average Bonchev–Trinajstić information content (AvgIpc) is 3.11. The fourth-order valence-corrected chi connectivity index (χ4v) is 4.87. The Morgan fingerprint density at radius 1 is 1.33 bits per heavy atom. The summed E-state index contributed by atoms with van der Waals surface area (Å²) in [6.07, 6.45) is 2.39. The van der Waals surface area contributed by atoms with E-state index in [1.165, 1.54) is 11.9 Å². The minimum Gasteiger partial charge on any atom is -0.465 e. The standard InChI is InChI=1S/C20H26N2O4S/c1-5-26-19(25)20(9-10-27-4)15-14(17(23)22(3)18(15)24)16(21-20)13-8-6-7-12(2)11-13/h6-8,11,14-16,21H,5,9-10H2,1-4H3/t14-,15+,16-,20-/m1/s1. The summed E-state index contributed by atoms with van der Waals surface area (Å²) in [5.74, 6) is -1.65. The van der Waals surface area contributed by atoms with Crippen molar-refractivity contribution >= 4 is 29.5 Å². The summed E-state index contributed by atoms with van der Waals surface area (Å²) in [6.45, 7) is 3.96. The number of rotatable bonds is 6. The topological polar surface area (TPSA) is 75.7 Å². The number of carbonyl (C=O) groups is 3. The summed E-state index contributed by atoms with van der Waals surface area (Å²) in [7, 11) is 1.50. The van der Waals surface area contributed by atoms with E-state index in [0.29, 0.717) is 12.2 Å². The molecule has 2 aliphatic rings. The van der Waals surface area contributed by atoms with Crippen LogP contribution < -0.4 is 5.32 Å². The number of likely N-dealkylation sites (tertiary alicyclic amines) is 1. The smallest absolute Gasteiger partial charge is 0.327 e. The first-order valence-corrected chi connectivity index (χ1v) is 10.6. The van der Waals surface area contributed by atoms with Gasteiger partial charge in [-0.05, 0) is 37.8 Å². The highest BCUT2D eigenvalue weighted by molar-refractivity contribution is 7.98. The van der Waals surface area contributed by atoms with Gasteiger partial charge in [-0.1, -0.05) is 29.8 Å². The minimum absolute atomic E-state index is 0.228. The molecule has 1 aromatic rings. The molecule has 0 unspecified atom stereocenters. The molecule has 0 bridgehead atoms. The number of aryl methyl sites for hydroxylation is 1. The number of carbonyl (C=O) groups excluding carboxylic acids is 3. The van der Waals surface area contributed by atoms with E-state index in [1.807, 2.05) is 37.4 Å². The van der Waals surface area contributed by atoms with Crippen LogP contribution in [0, 0.1) is 18.8 Å². The molecule has 6 nitrogen and oxygen atoms in total. The van der Waals surface area contributed by atoms with E-state index < -0.39 is 29.4 Å². The molecule has 2 amide bonds. The predicted molar refractivity (Wildman–Crippen MR) is 104 cm³/mol. The first kappa shape index (κ1) is 19.9. The van der Waals surface area contributed by atoms with Crippen molar-refractivity contribution in [2.75, 3.05) is 25.7 Å². The van der Waals surface area contributed by atoms with Crippen molar-refractivity contribution in [3.63, 3.8) is 0 Å². The Labute approximate surface area is 164 Å². The molecule has 1 N–H and O–H groups in total. The highest BCUT2D eigenvalue weighted by Crippen LogP contribution is 2.50. The number of ether oxygens (including phenoxy) is 1. The zero-order chi connectivity index (χ0) is 19.8. The maximum absolute atomic E-state index is 13.0. The van der Waals surface area contributed by atoms with Gasteiger partial charge in [-0.2, -0.15) is 11.8 Å². The molecule has 2 saturated heterocycles. The van der Waals surface area contributed by atoms with E-state index in [4.69, 9.17) is 4.74 Å². The van der Waals surface area contributed by atoms with Crippen molar-refractivity contribution in [2.24, 2.45) is 11.8 Å². The average molecular weight is 391 g/mol. The SMILES string of the molecule is CCOC(=O)[C@]1(CCSC)N[C@H](c2cccc(C)c2)[C@@H]2C(=O)N(C)C(=O)[C@H]21. The van der Waals surface area contributed by atoms with Crippen LogP contribution >= 0.6 is 11.8 Å². The molecule has 3 rings (SSSR count). The number of thioether (sulfide) groups is 1. The molecule has 0 radical (unpaired) electrons. The van der Waals surface area contributed by atoms with Gasteiger partial charge in [0.15, 0.2) is 0 Å². The highest BCUT2D eigenvalue weighted by atomic mass is 32.2. The number of esters is 1. The fraction of sp³-hybridized carbons (Fsp3) is 0.550. The van der Waals surface area contributed by atoms with Crippen molar-refractivity contribution in [3.8, 4) is 0 Å². The summed E-state index contributed by atoms with van der Waals surface area (Å²) in [5.41, 5.74) is 0.792. The molecule has 27 heavy (non-hydrogen) atoms. The van der Waals surface area contributed by atoms with Gasteiger partial charge in [0, 0.05) is 13.1 Å². The van der Waals surface area contributed by atoms with Gasteiger partial charge in [0.25, 0.3) is 0 Å². The molecule has 7 heteroatoms. The van der Waals surface area contributed by atoms with Gasteiger partial charge in [0.2, 0.25) is 11.8 Å². The van der Waals surface area contributed by atoms with Crippen molar-refractivity contribution in [1.82, 2.24) is 10.2 Å². The lowest BCUT2D eigenvalue weighted by molar-refractivity contribution is -0.156. The van der Waals surface area contributed by atoms with Gasteiger partial charge in [0.1, 0.15) is 5.54 Å². The Morgan fingerprint density at radius 2 is 2.07 bits per heavy atom. The van der Waals surface area contributed by atoms with Gasteiger partial charge in [-0.25, -0.2) is 0 Å². The van der Waals surface area contributed by atoms with E-state index >= 15 is 0 Å². The van der Waals surface area contributed by atoms with Crippen LogP contribution in [0.15, 0.2) is 24.3 Å². The maximum atomic E-state index is 13.0. The number of fused-ring (bicyclic) bond motifs is 1. The van der Waals surface area contributed by atoms with E-state index in [9.17, 15) is 14.4 Å². The molecular weight excluding hydrogens is 364 g/mol. The van der Waals surface area contributed by atoms with E-state index in [2.05, 4.69) is 5.32 Å². The quantitative estimate of drug-likeness (QED) is 0.591. The second kappa shape index (κ2) is 7.64. The fourth-order valence-electron chi connectivity index (χ4n) is 4.34. The van der Waals surface area contributed by atoms with Crippen LogP contribution in [-0.2, 0) is 19.1 Å². The Balaban J connectivity index is 2.12. The van der Waals surface area contributed by atoms with Crippen LogP contribution in [0.5, 0.6) is 0 Å². The van der Waals surface area contributed by atoms with Gasteiger partial charge in [-0.15, -0.1) is 0 Å². The van der Waals surface area contributed by atoms with Gasteiger partial charge in [-0.3, -0.25) is 24.6 Å². The molecule has 2 fully saturated rings. The molecule has 4 atom stereocenters.